The van der Waals surface area contributed by atoms with Gasteiger partial charge in [-0.25, -0.2) is 0 Å². The van der Waals surface area contributed by atoms with Crippen LogP contribution < -0.4 is 4.74 Å². The van der Waals surface area contributed by atoms with Crippen LogP contribution in [-0.4, -0.2) is 35.0 Å². The van der Waals surface area contributed by atoms with Crippen LogP contribution in [0, 0.1) is 0 Å². The second-order valence-electron chi connectivity index (χ2n) is 7.71. The van der Waals surface area contributed by atoms with Crippen molar-refractivity contribution in [1.29, 1.82) is 0 Å². The molecule has 2 atom stereocenters. The molecule has 0 saturated heterocycles. The number of hydrogen-bond acceptors (Lipinski definition) is 4. The zero-order valence-corrected chi connectivity index (χ0v) is 18.4. The van der Waals surface area contributed by atoms with Crippen molar-refractivity contribution in [1.82, 2.24) is 4.90 Å². The molecule has 6 nitrogen and oxygen atoms in total. The first-order valence-corrected chi connectivity index (χ1v) is 10.7. The second kappa shape index (κ2) is 11.2. The molecule has 1 heterocycles. The van der Waals surface area contributed by atoms with E-state index in [4.69, 9.17) is 15.6 Å². The van der Waals surface area contributed by atoms with Crippen molar-refractivity contribution in [2.24, 2.45) is 0 Å². The van der Waals surface area contributed by atoms with E-state index in [1.54, 1.807) is 37.6 Å². The molecule has 2 aromatic carbocycles. The van der Waals surface area contributed by atoms with Crippen molar-refractivity contribution in [3.05, 3.63) is 78.1 Å². The first kappa shape index (κ1) is 21.7. The Kier molecular flexibility index (Phi) is 7.58. The monoisotopic (exact) mass is 436 g/mol. The highest BCUT2D eigenvalue weighted by Crippen LogP contribution is 2.24. The summed E-state index contributed by atoms with van der Waals surface area (Å²) >= 11 is 0. The molecule has 0 saturated carbocycles. The largest absolute Gasteiger partial charge is 0.490 e. The maximum absolute atomic E-state index is 13.0. The van der Waals surface area contributed by atoms with Gasteiger partial charge >= 0.3 is 5.97 Å². The Balaban J connectivity index is 1.65. The van der Waals surface area contributed by atoms with E-state index in [1.165, 1.54) is 4.90 Å². The van der Waals surface area contributed by atoms with Crippen LogP contribution in [0.3, 0.4) is 0 Å². The van der Waals surface area contributed by atoms with Crippen molar-refractivity contribution in [2.45, 2.75) is 45.2 Å². The molecule has 168 valence electrons. The number of carboxylic acid groups (broad SMARTS) is 1. The van der Waals surface area contributed by atoms with Crippen molar-refractivity contribution >= 4 is 11.9 Å². The molecule has 3 rings (SSSR count). The fourth-order valence-corrected chi connectivity index (χ4v) is 3.37. The summed E-state index contributed by atoms with van der Waals surface area (Å²) in [5, 5.41) is 8.76. The summed E-state index contributed by atoms with van der Waals surface area (Å²) in [6.07, 6.45) is 3.66. The van der Waals surface area contributed by atoms with Gasteiger partial charge in [0.05, 0.1) is 13.7 Å². The van der Waals surface area contributed by atoms with Gasteiger partial charge in [0.25, 0.3) is 5.91 Å². The summed E-state index contributed by atoms with van der Waals surface area (Å²) in [5.41, 5.74) is 1.95. The number of amides is 1. The lowest BCUT2D eigenvalue weighted by Gasteiger charge is -2.21. The third kappa shape index (κ3) is 6.48. The van der Waals surface area contributed by atoms with Crippen LogP contribution in [-0.2, 0) is 11.3 Å². The van der Waals surface area contributed by atoms with E-state index in [0.29, 0.717) is 29.7 Å². The SMILES string of the molecule is [2H]C(c1ccccc1OC(C)CCCCC(=O)O)N(C)C(=O)c1ccc(-c2ccco2)cc1. The van der Waals surface area contributed by atoms with Gasteiger partial charge < -0.3 is 19.2 Å². The molecular formula is C26H29NO5. The van der Waals surface area contributed by atoms with Crippen LogP contribution >= 0.6 is 0 Å². The summed E-state index contributed by atoms with van der Waals surface area (Å²) < 4.78 is 20.1. The van der Waals surface area contributed by atoms with Gasteiger partial charge in [0.1, 0.15) is 11.5 Å². The van der Waals surface area contributed by atoms with E-state index in [0.717, 1.165) is 17.7 Å². The minimum absolute atomic E-state index is 0.137. The van der Waals surface area contributed by atoms with Crippen LogP contribution in [0.2, 0.25) is 0 Å². The van der Waals surface area contributed by atoms with Gasteiger partial charge in [-0.2, -0.15) is 0 Å². The highest BCUT2D eigenvalue weighted by molar-refractivity contribution is 5.94. The average Bonchev–Trinajstić information content (AvgIpc) is 3.36. The summed E-state index contributed by atoms with van der Waals surface area (Å²) in [7, 11) is 1.60. The highest BCUT2D eigenvalue weighted by Gasteiger charge is 2.16. The average molecular weight is 437 g/mol. The topological polar surface area (TPSA) is 80.0 Å². The summed E-state index contributed by atoms with van der Waals surface area (Å²) in [5.74, 6) is 0.215. The second-order valence-corrected chi connectivity index (χ2v) is 7.71. The van der Waals surface area contributed by atoms with Gasteiger partial charge in [0.2, 0.25) is 0 Å². The standard InChI is InChI=1S/C26H29NO5/c1-19(8-3-6-12-25(28)29)32-24-10-5-4-9-22(24)18-27(2)26(30)21-15-13-20(14-16-21)23-11-7-17-31-23/h4-5,7,9-11,13-17,19H,3,6,8,12,18H2,1-2H3,(H,28,29)/i18D. The highest BCUT2D eigenvalue weighted by atomic mass is 16.5. The molecule has 1 aromatic heterocycles. The predicted octanol–water partition coefficient (Wildman–Crippen LogP) is 5.63. The number of aliphatic carboxylic acids is 1. The van der Waals surface area contributed by atoms with Gasteiger partial charge in [-0.3, -0.25) is 9.59 Å². The molecule has 0 fully saturated rings. The number of benzene rings is 2. The molecule has 6 heteroatoms. The zero-order chi connectivity index (χ0) is 23.8. The lowest BCUT2D eigenvalue weighted by molar-refractivity contribution is -0.137. The number of carbonyl (C=O) groups excluding carboxylic acids is 1. The van der Waals surface area contributed by atoms with Crippen LogP contribution in [0.25, 0.3) is 11.3 Å². The maximum Gasteiger partial charge on any atom is 0.303 e. The number of carboxylic acids is 1. The molecular weight excluding hydrogens is 406 g/mol. The third-order valence-corrected chi connectivity index (χ3v) is 5.09. The van der Waals surface area contributed by atoms with E-state index >= 15 is 0 Å². The third-order valence-electron chi connectivity index (χ3n) is 5.09. The lowest BCUT2D eigenvalue weighted by atomic mass is 10.1. The Morgan fingerprint density at radius 3 is 2.53 bits per heavy atom. The Bertz CT molecular complexity index is 1050. The number of unbranched alkanes of at least 4 members (excludes halogenated alkanes) is 1. The Hall–Kier alpha value is -3.54. The predicted molar refractivity (Wildman–Crippen MR) is 123 cm³/mol. The molecule has 3 aromatic rings. The lowest BCUT2D eigenvalue weighted by Crippen LogP contribution is -2.26. The van der Waals surface area contributed by atoms with Gasteiger partial charge in [0.15, 0.2) is 0 Å². The zero-order valence-electron chi connectivity index (χ0n) is 19.4. The van der Waals surface area contributed by atoms with E-state index < -0.39 is 12.5 Å². The van der Waals surface area contributed by atoms with Crippen molar-refractivity contribution < 1.29 is 25.2 Å². The Labute approximate surface area is 189 Å². The fraction of sp³-hybridized carbons (Fsp3) is 0.308. The Morgan fingerprint density at radius 2 is 1.84 bits per heavy atom. The molecule has 0 bridgehead atoms. The molecule has 2 unspecified atom stereocenters. The minimum atomic E-state index is -0.947. The van der Waals surface area contributed by atoms with E-state index in [1.807, 2.05) is 43.3 Å². The van der Waals surface area contributed by atoms with E-state index in [9.17, 15) is 9.59 Å². The number of para-hydroxylation sites is 1. The van der Waals surface area contributed by atoms with Crippen LogP contribution in [0.5, 0.6) is 5.75 Å². The Morgan fingerprint density at radius 1 is 1.09 bits per heavy atom. The molecule has 1 amide bonds. The number of ether oxygens (including phenoxy) is 1. The van der Waals surface area contributed by atoms with Gasteiger partial charge in [-0.1, -0.05) is 30.3 Å². The number of furan rings is 1. The number of rotatable bonds is 11. The molecule has 0 spiro atoms. The summed E-state index contributed by atoms with van der Waals surface area (Å²) in [6.45, 7) is 0.976. The van der Waals surface area contributed by atoms with E-state index in [-0.39, 0.29) is 18.4 Å². The molecule has 0 aliphatic rings. The molecule has 32 heavy (non-hydrogen) atoms. The number of nitrogens with zero attached hydrogens (tertiary/aromatic N) is 1. The molecule has 1 N–H and O–H groups in total. The normalized spacial score (nSPS) is 13.1. The first-order chi connectivity index (χ1) is 15.9. The van der Waals surface area contributed by atoms with Crippen LogP contribution in [0.4, 0.5) is 0 Å². The molecule has 0 aliphatic heterocycles. The van der Waals surface area contributed by atoms with Crippen molar-refractivity contribution in [3.63, 3.8) is 0 Å². The van der Waals surface area contributed by atoms with Gasteiger partial charge in [-0.15, -0.1) is 0 Å². The number of hydrogen-bond donors (Lipinski definition) is 1. The smallest absolute Gasteiger partial charge is 0.303 e. The van der Waals surface area contributed by atoms with Gasteiger partial charge in [-0.05, 0) is 56.5 Å². The quantitative estimate of drug-likeness (QED) is 0.394. The summed E-state index contributed by atoms with van der Waals surface area (Å²) in [4.78, 5) is 25.0. The molecule has 0 radical (unpaired) electrons. The van der Waals surface area contributed by atoms with Gasteiger partial charge in [0, 0.05) is 36.7 Å². The summed E-state index contributed by atoms with van der Waals surface area (Å²) in [6, 6.07) is 18.0. The van der Waals surface area contributed by atoms with Crippen molar-refractivity contribution in [3.8, 4) is 17.1 Å². The fourth-order valence-electron chi connectivity index (χ4n) is 3.37. The maximum atomic E-state index is 13.0. The minimum Gasteiger partial charge on any atom is -0.490 e. The van der Waals surface area contributed by atoms with E-state index in [2.05, 4.69) is 0 Å². The first-order valence-electron chi connectivity index (χ1n) is 11.2. The van der Waals surface area contributed by atoms with Crippen LogP contribution in [0.15, 0.2) is 71.3 Å². The molecule has 0 aliphatic carbocycles. The van der Waals surface area contributed by atoms with Crippen molar-refractivity contribution in [2.75, 3.05) is 7.05 Å². The number of carbonyl (C=O) groups is 2. The van der Waals surface area contributed by atoms with Crippen LogP contribution in [0.1, 0.15) is 49.9 Å².